The minimum atomic E-state index is -0.608. The molecule has 1 fully saturated rings. The van der Waals surface area contributed by atoms with E-state index in [1.807, 2.05) is 38.1 Å². The van der Waals surface area contributed by atoms with Crippen LogP contribution < -0.4 is 21.7 Å². The number of hydrogen-bond donors (Lipinski definition) is 4. The number of primary amides is 1. The highest BCUT2D eigenvalue weighted by Crippen LogP contribution is 2.40. The van der Waals surface area contributed by atoms with E-state index in [2.05, 4.69) is 25.9 Å². The Labute approximate surface area is 170 Å². The lowest BCUT2D eigenvalue weighted by Gasteiger charge is -2.14. The van der Waals surface area contributed by atoms with Crippen molar-refractivity contribution < 1.29 is 9.59 Å². The number of hydrogen-bond acceptors (Lipinski definition) is 6. The van der Waals surface area contributed by atoms with E-state index in [1.165, 1.54) is 0 Å². The molecule has 0 aliphatic heterocycles. The second-order valence-electron chi connectivity index (χ2n) is 7.41. The Kier molecular flexibility index (Phi) is 6.43. The number of rotatable bonds is 9. The van der Waals surface area contributed by atoms with Gasteiger partial charge in [-0.15, -0.1) is 0 Å². The molecule has 8 nitrogen and oxygen atoms in total. The number of carbonyl (C=O) groups is 2. The standard InChI is InChI=1S/C21H28N6O2/c1-12-17(15-7-8-15)27-20(18(25-12)19(22)28)26-16-6-4-5-14(11-16)9-10-24-21(29)13(2)23-3/h4-6,11,13,15,23H,7-10H2,1-3H3,(H2,22,28)(H,24,29)(H,26,27). The van der Waals surface area contributed by atoms with Gasteiger partial charge in [-0.1, -0.05) is 12.1 Å². The lowest BCUT2D eigenvalue weighted by atomic mass is 10.1. The van der Waals surface area contributed by atoms with Gasteiger partial charge in [-0.05, 0) is 57.9 Å². The van der Waals surface area contributed by atoms with E-state index in [0.717, 1.165) is 35.5 Å². The lowest BCUT2D eigenvalue weighted by Crippen LogP contribution is -2.41. The quantitative estimate of drug-likeness (QED) is 0.512. The number of aryl methyl sites for hydroxylation is 1. The molecule has 1 unspecified atom stereocenters. The van der Waals surface area contributed by atoms with Gasteiger partial charge in [0.25, 0.3) is 5.91 Å². The lowest BCUT2D eigenvalue weighted by molar-refractivity contribution is -0.122. The summed E-state index contributed by atoms with van der Waals surface area (Å²) < 4.78 is 0. The van der Waals surface area contributed by atoms with Gasteiger partial charge in [-0.2, -0.15) is 0 Å². The molecule has 1 aromatic heterocycles. The number of amides is 2. The maximum absolute atomic E-state index is 11.8. The topological polar surface area (TPSA) is 122 Å². The van der Waals surface area contributed by atoms with Crippen LogP contribution in [0.1, 0.15) is 53.1 Å². The third-order valence-electron chi connectivity index (χ3n) is 5.03. The summed E-state index contributed by atoms with van der Waals surface area (Å²) in [4.78, 5) is 32.7. The monoisotopic (exact) mass is 396 g/mol. The number of benzene rings is 1. The zero-order chi connectivity index (χ0) is 21.0. The fourth-order valence-electron chi connectivity index (χ4n) is 3.09. The molecule has 1 saturated carbocycles. The molecule has 2 aromatic rings. The Balaban J connectivity index is 1.72. The van der Waals surface area contributed by atoms with E-state index in [1.54, 1.807) is 7.05 Å². The van der Waals surface area contributed by atoms with Gasteiger partial charge in [-0.25, -0.2) is 9.97 Å². The molecule has 29 heavy (non-hydrogen) atoms. The first-order valence-electron chi connectivity index (χ1n) is 9.88. The number of likely N-dealkylation sites (N-methyl/N-ethyl adjacent to an activating group) is 1. The number of carbonyl (C=O) groups excluding carboxylic acids is 2. The van der Waals surface area contributed by atoms with Gasteiger partial charge in [0.1, 0.15) is 0 Å². The van der Waals surface area contributed by atoms with Gasteiger partial charge in [0.2, 0.25) is 5.91 Å². The van der Waals surface area contributed by atoms with Crippen molar-refractivity contribution in [1.29, 1.82) is 0 Å². The van der Waals surface area contributed by atoms with Crippen molar-refractivity contribution in [3.63, 3.8) is 0 Å². The van der Waals surface area contributed by atoms with Crippen LogP contribution in [0.5, 0.6) is 0 Å². The molecule has 1 aliphatic rings. The second-order valence-corrected chi connectivity index (χ2v) is 7.41. The summed E-state index contributed by atoms with van der Waals surface area (Å²) in [6.07, 6.45) is 2.88. The van der Waals surface area contributed by atoms with Crippen LogP contribution in [0.2, 0.25) is 0 Å². The molecule has 0 spiro atoms. The molecule has 1 heterocycles. The minimum absolute atomic E-state index is 0.0320. The van der Waals surface area contributed by atoms with Crippen LogP contribution in [0.4, 0.5) is 11.5 Å². The second kappa shape index (κ2) is 9.00. The Bertz CT molecular complexity index is 910. The Hall–Kier alpha value is -3.00. The van der Waals surface area contributed by atoms with Crippen LogP contribution in [-0.4, -0.2) is 41.4 Å². The van der Waals surface area contributed by atoms with Crippen molar-refractivity contribution in [3.8, 4) is 0 Å². The first-order valence-corrected chi connectivity index (χ1v) is 9.88. The van der Waals surface area contributed by atoms with Gasteiger partial charge < -0.3 is 21.7 Å². The van der Waals surface area contributed by atoms with E-state index in [4.69, 9.17) is 5.73 Å². The minimum Gasteiger partial charge on any atom is -0.364 e. The maximum Gasteiger partial charge on any atom is 0.271 e. The maximum atomic E-state index is 11.8. The molecule has 1 aromatic carbocycles. The summed E-state index contributed by atoms with van der Waals surface area (Å²) in [5, 5.41) is 9.01. The first kappa shape index (κ1) is 20.7. The molecule has 0 radical (unpaired) electrons. The molecule has 3 rings (SSSR count). The summed E-state index contributed by atoms with van der Waals surface area (Å²) in [6, 6.07) is 7.55. The summed E-state index contributed by atoms with van der Waals surface area (Å²) >= 11 is 0. The first-order chi connectivity index (χ1) is 13.9. The highest BCUT2D eigenvalue weighted by atomic mass is 16.2. The summed E-state index contributed by atoms with van der Waals surface area (Å²) in [7, 11) is 1.75. The highest BCUT2D eigenvalue weighted by molar-refractivity contribution is 5.96. The van der Waals surface area contributed by atoms with Crippen LogP contribution >= 0.6 is 0 Å². The third kappa shape index (κ3) is 5.29. The smallest absolute Gasteiger partial charge is 0.271 e. The summed E-state index contributed by atoms with van der Waals surface area (Å²) in [5.41, 5.74) is 9.18. The molecule has 1 atom stereocenters. The molecule has 5 N–H and O–H groups in total. The van der Waals surface area contributed by atoms with Crippen molar-refractivity contribution in [2.24, 2.45) is 5.73 Å². The predicted octanol–water partition coefficient (Wildman–Crippen LogP) is 1.77. The van der Waals surface area contributed by atoms with Crippen molar-refractivity contribution in [1.82, 2.24) is 20.6 Å². The number of nitrogens with zero attached hydrogens (tertiary/aromatic N) is 2. The fourth-order valence-corrected chi connectivity index (χ4v) is 3.09. The van der Waals surface area contributed by atoms with Crippen LogP contribution in [0, 0.1) is 6.92 Å². The van der Waals surface area contributed by atoms with Crippen molar-refractivity contribution in [2.75, 3.05) is 18.9 Å². The molecule has 0 saturated heterocycles. The van der Waals surface area contributed by atoms with Crippen LogP contribution in [0.15, 0.2) is 24.3 Å². The van der Waals surface area contributed by atoms with Crippen LogP contribution in [-0.2, 0) is 11.2 Å². The molecule has 8 heteroatoms. The Morgan fingerprint density at radius 1 is 1.28 bits per heavy atom. The van der Waals surface area contributed by atoms with E-state index >= 15 is 0 Å². The third-order valence-corrected chi connectivity index (χ3v) is 5.03. The normalized spacial score (nSPS) is 14.3. The molecule has 0 bridgehead atoms. The summed E-state index contributed by atoms with van der Waals surface area (Å²) in [5.74, 6) is 0.164. The average Bonchev–Trinajstić information content (AvgIpc) is 3.53. The summed E-state index contributed by atoms with van der Waals surface area (Å²) in [6.45, 7) is 4.21. The predicted molar refractivity (Wildman–Crippen MR) is 112 cm³/mol. The number of nitrogens with two attached hydrogens (primary N) is 1. The molecular weight excluding hydrogens is 368 g/mol. The van der Waals surface area contributed by atoms with Gasteiger partial charge in [0, 0.05) is 18.2 Å². The van der Waals surface area contributed by atoms with Gasteiger partial charge in [0.15, 0.2) is 11.5 Å². The van der Waals surface area contributed by atoms with E-state index in [-0.39, 0.29) is 17.6 Å². The largest absolute Gasteiger partial charge is 0.364 e. The van der Waals surface area contributed by atoms with Gasteiger partial charge >= 0.3 is 0 Å². The van der Waals surface area contributed by atoms with Gasteiger partial charge in [0.05, 0.1) is 17.4 Å². The zero-order valence-electron chi connectivity index (χ0n) is 17.1. The molecule has 154 valence electrons. The van der Waals surface area contributed by atoms with Crippen LogP contribution in [0.3, 0.4) is 0 Å². The molecule has 2 amide bonds. The van der Waals surface area contributed by atoms with Crippen molar-refractivity contribution >= 4 is 23.3 Å². The van der Waals surface area contributed by atoms with Crippen LogP contribution in [0.25, 0.3) is 0 Å². The number of aromatic nitrogens is 2. The van der Waals surface area contributed by atoms with E-state index < -0.39 is 5.91 Å². The highest BCUT2D eigenvalue weighted by Gasteiger charge is 2.29. The Morgan fingerprint density at radius 3 is 2.69 bits per heavy atom. The van der Waals surface area contributed by atoms with Crippen molar-refractivity contribution in [2.45, 2.75) is 45.1 Å². The van der Waals surface area contributed by atoms with E-state index in [9.17, 15) is 9.59 Å². The van der Waals surface area contributed by atoms with Gasteiger partial charge in [-0.3, -0.25) is 9.59 Å². The average molecular weight is 396 g/mol. The SMILES string of the molecule is CNC(C)C(=O)NCCc1cccc(Nc2nc(C3CC3)c(C)nc2C(N)=O)c1. The molecular formula is C21H28N6O2. The van der Waals surface area contributed by atoms with Crippen molar-refractivity contribution in [3.05, 3.63) is 46.9 Å². The Morgan fingerprint density at radius 2 is 2.03 bits per heavy atom. The number of anilines is 2. The molecule has 1 aliphatic carbocycles. The fraction of sp³-hybridized carbons (Fsp3) is 0.429. The number of nitrogens with one attached hydrogen (secondary N) is 3. The zero-order valence-corrected chi connectivity index (χ0v) is 17.1. The van der Waals surface area contributed by atoms with E-state index in [0.29, 0.717) is 24.7 Å².